The Balaban J connectivity index is 2.23. The molecule has 1 aliphatic heterocycles. The zero-order valence-electron chi connectivity index (χ0n) is 10.9. The summed E-state index contributed by atoms with van der Waals surface area (Å²) in [6.07, 6.45) is 3.13. The van der Waals surface area contributed by atoms with Crippen molar-refractivity contribution in [1.29, 1.82) is 0 Å². The van der Waals surface area contributed by atoms with Gasteiger partial charge in [-0.05, 0) is 25.0 Å². The van der Waals surface area contributed by atoms with E-state index in [9.17, 15) is 8.42 Å². The minimum atomic E-state index is -3.50. The molecule has 7 heteroatoms. The standard InChI is InChI=1S/C12H19N3O3S/c1-18-10-4-7-15(8-5-10)19(16,17)12-3-2-6-14-11(12)9-13/h2-3,6,10H,4-5,7-9,13H2,1H3. The van der Waals surface area contributed by atoms with E-state index >= 15 is 0 Å². The van der Waals surface area contributed by atoms with Gasteiger partial charge in [-0.2, -0.15) is 4.31 Å². The molecular formula is C12H19N3O3S. The van der Waals surface area contributed by atoms with Crippen LogP contribution >= 0.6 is 0 Å². The van der Waals surface area contributed by atoms with E-state index in [0.717, 1.165) is 0 Å². The van der Waals surface area contributed by atoms with Gasteiger partial charge in [0.2, 0.25) is 10.0 Å². The van der Waals surface area contributed by atoms with Crippen molar-refractivity contribution in [2.45, 2.75) is 30.4 Å². The van der Waals surface area contributed by atoms with Crippen LogP contribution in [0, 0.1) is 0 Å². The van der Waals surface area contributed by atoms with Gasteiger partial charge in [0.15, 0.2) is 0 Å². The number of hydrogen-bond donors (Lipinski definition) is 1. The van der Waals surface area contributed by atoms with Crippen molar-refractivity contribution >= 4 is 10.0 Å². The summed E-state index contributed by atoms with van der Waals surface area (Å²) in [5, 5.41) is 0. The van der Waals surface area contributed by atoms with Crippen LogP contribution in [0.4, 0.5) is 0 Å². The fourth-order valence-corrected chi connectivity index (χ4v) is 3.91. The molecule has 0 spiro atoms. The van der Waals surface area contributed by atoms with Gasteiger partial charge in [-0.1, -0.05) is 0 Å². The Hall–Kier alpha value is -1.02. The van der Waals surface area contributed by atoms with Gasteiger partial charge in [0.1, 0.15) is 4.90 Å². The molecule has 1 aromatic heterocycles. The molecule has 0 bridgehead atoms. The molecule has 0 unspecified atom stereocenters. The third-order valence-electron chi connectivity index (χ3n) is 3.39. The first-order chi connectivity index (χ1) is 9.09. The molecule has 0 atom stereocenters. The van der Waals surface area contributed by atoms with Crippen molar-refractivity contribution in [3.63, 3.8) is 0 Å². The number of pyridine rings is 1. The van der Waals surface area contributed by atoms with Crippen molar-refractivity contribution in [2.75, 3.05) is 20.2 Å². The van der Waals surface area contributed by atoms with Crippen molar-refractivity contribution in [2.24, 2.45) is 5.73 Å². The molecule has 2 rings (SSSR count). The Labute approximate surface area is 113 Å². The maximum absolute atomic E-state index is 12.6. The van der Waals surface area contributed by atoms with Gasteiger partial charge >= 0.3 is 0 Å². The van der Waals surface area contributed by atoms with E-state index < -0.39 is 10.0 Å². The highest BCUT2D eigenvalue weighted by Crippen LogP contribution is 2.23. The van der Waals surface area contributed by atoms with Crippen LogP contribution in [0.15, 0.2) is 23.2 Å². The summed E-state index contributed by atoms with van der Waals surface area (Å²) >= 11 is 0. The summed E-state index contributed by atoms with van der Waals surface area (Å²) in [5.41, 5.74) is 5.97. The number of nitrogens with two attached hydrogens (primary N) is 1. The van der Waals surface area contributed by atoms with Crippen LogP contribution in [-0.4, -0.2) is 44.0 Å². The number of rotatable bonds is 4. The SMILES string of the molecule is COC1CCN(S(=O)(=O)c2cccnc2CN)CC1. The minimum absolute atomic E-state index is 0.115. The molecule has 0 radical (unpaired) electrons. The van der Waals surface area contributed by atoms with E-state index in [-0.39, 0.29) is 17.5 Å². The molecule has 19 heavy (non-hydrogen) atoms. The van der Waals surface area contributed by atoms with Crippen LogP contribution < -0.4 is 5.73 Å². The average molecular weight is 285 g/mol. The Bertz CT molecular complexity index is 525. The largest absolute Gasteiger partial charge is 0.381 e. The highest BCUT2D eigenvalue weighted by atomic mass is 32.2. The lowest BCUT2D eigenvalue weighted by Crippen LogP contribution is -2.41. The maximum Gasteiger partial charge on any atom is 0.244 e. The van der Waals surface area contributed by atoms with Crippen LogP contribution in [0.1, 0.15) is 18.5 Å². The second-order valence-electron chi connectivity index (χ2n) is 4.49. The Kier molecular flexibility index (Phi) is 4.51. The first kappa shape index (κ1) is 14.4. The van der Waals surface area contributed by atoms with Gasteiger partial charge in [0.25, 0.3) is 0 Å². The van der Waals surface area contributed by atoms with Crippen molar-refractivity contribution in [3.05, 3.63) is 24.0 Å². The minimum Gasteiger partial charge on any atom is -0.381 e. The second-order valence-corrected chi connectivity index (χ2v) is 6.40. The van der Waals surface area contributed by atoms with Gasteiger partial charge < -0.3 is 10.5 Å². The van der Waals surface area contributed by atoms with Gasteiger partial charge in [-0.3, -0.25) is 4.98 Å². The number of methoxy groups -OCH3 is 1. The van der Waals surface area contributed by atoms with Gasteiger partial charge in [-0.15, -0.1) is 0 Å². The van der Waals surface area contributed by atoms with Crippen LogP contribution in [0.2, 0.25) is 0 Å². The molecule has 1 saturated heterocycles. The number of nitrogens with zero attached hydrogens (tertiary/aromatic N) is 2. The van der Waals surface area contributed by atoms with E-state index in [1.807, 2.05) is 0 Å². The molecule has 6 nitrogen and oxygen atoms in total. The fourth-order valence-electron chi connectivity index (χ4n) is 2.26. The van der Waals surface area contributed by atoms with E-state index in [4.69, 9.17) is 10.5 Å². The molecule has 0 aromatic carbocycles. The third kappa shape index (κ3) is 2.94. The number of sulfonamides is 1. The number of piperidine rings is 1. The average Bonchev–Trinajstić information content (AvgIpc) is 2.47. The molecule has 2 heterocycles. The predicted molar refractivity (Wildman–Crippen MR) is 70.9 cm³/mol. The molecule has 106 valence electrons. The zero-order valence-corrected chi connectivity index (χ0v) is 11.8. The smallest absolute Gasteiger partial charge is 0.244 e. The lowest BCUT2D eigenvalue weighted by atomic mass is 10.1. The summed E-state index contributed by atoms with van der Waals surface area (Å²) in [5.74, 6) is 0. The normalized spacial score (nSPS) is 18.6. The van der Waals surface area contributed by atoms with Gasteiger partial charge in [-0.25, -0.2) is 8.42 Å². The molecule has 1 aromatic rings. The fraction of sp³-hybridized carbons (Fsp3) is 0.583. The quantitative estimate of drug-likeness (QED) is 0.862. The Morgan fingerprint density at radius 3 is 2.74 bits per heavy atom. The van der Waals surface area contributed by atoms with E-state index in [2.05, 4.69) is 4.98 Å². The van der Waals surface area contributed by atoms with E-state index in [1.54, 1.807) is 25.4 Å². The summed E-state index contributed by atoms with van der Waals surface area (Å²) in [4.78, 5) is 4.25. The first-order valence-electron chi connectivity index (χ1n) is 6.26. The molecule has 1 aliphatic rings. The number of aromatic nitrogens is 1. The molecular weight excluding hydrogens is 266 g/mol. The Morgan fingerprint density at radius 2 is 2.16 bits per heavy atom. The zero-order chi connectivity index (χ0) is 13.9. The summed E-state index contributed by atoms with van der Waals surface area (Å²) < 4.78 is 31.8. The van der Waals surface area contributed by atoms with Crippen molar-refractivity contribution < 1.29 is 13.2 Å². The van der Waals surface area contributed by atoms with Crippen LogP contribution in [0.3, 0.4) is 0 Å². The van der Waals surface area contributed by atoms with Crippen molar-refractivity contribution in [3.8, 4) is 0 Å². The lowest BCUT2D eigenvalue weighted by Gasteiger charge is -2.30. The van der Waals surface area contributed by atoms with Crippen LogP contribution in [0.25, 0.3) is 0 Å². The number of ether oxygens (including phenoxy) is 1. The summed E-state index contributed by atoms with van der Waals surface area (Å²) in [6.45, 7) is 1.06. The third-order valence-corrected chi connectivity index (χ3v) is 5.37. The van der Waals surface area contributed by atoms with Gasteiger partial charge in [0.05, 0.1) is 11.8 Å². The first-order valence-corrected chi connectivity index (χ1v) is 7.70. The van der Waals surface area contributed by atoms with E-state index in [1.165, 1.54) is 4.31 Å². The molecule has 0 aliphatic carbocycles. The maximum atomic E-state index is 12.6. The summed E-state index contributed by atoms with van der Waals surface area (Å²) in [7, 11) is -1.85. The monoisotopic (exact) mass is 285 g/mol. The van der Waals surface area contributed by atoms with Crippen molar-refractivity contribution in [1.82, 2.24) is 9.29 Å². The van der Waals surface area contributed by atoms with Gasteiger partial charge in [0, 0.05) is 32.9 Å². The molecule has 0 saturated carbocycles. The summed E-state index contributed by atoms with van der Waals surface area (Å²) in [6, 6.07) is 3.18. The highest BCUT2D eigenvalue weighted by Gasteiger charge is 2.30. The molecule has 2 N–H and O–H groups in total. The topological polar surface area (TPSA) is 85.5 Å². The van der Waals surface area contributed by atoms with Crippen LogP contribution in [-0.2, 0) is 21.3 Å². The highest BCUT2D eigenvalue weighted by molar-refractivity contribution is 7.89. The predicted octanol–water partition coefficient (Wildman–Crippen LogP) is 0.340. The Morgan fingerprint density at radius 1 is 1.47 bits per heavy atom. The second kappa shape index (κ2) is 5.96. The number of hydrogen-bond acceptors (Lipinski definition) is 5. The lowest BCUT2D eigenvalue weighted by molar-refractivity contribution is 0.0604. The molecule has 0 amide bonds. The molecule has 1 fully saturated rings. The van der Waals surface area contributed by atoms with Crippen LogP contribution in [0.5, 0.6) is 0 Å². The van der Waals surface area contributed by atoms with E-state index in [0.29, 0.717) is 31.6 Å².